The number of halogens is 9. The minimum Gasteiger partial charge on any atom is -0.477 e. The summed E-state index contributed by atoms with van der Waals surface area (Å²) in [4.78, 5) is 44.7. The number of aryl methyl sites for hydroxylation is 2. The van der Waals surface area contributed by atoms with Crippen molar-refractivity contribution in [1.29, 1.82) is 0 Å². The summed E-state index contributed by atoms with van der Waals surface area (Å²) in [6.45, 7) is 7.75. The molecule has 4 N–H and O–H groups in total. The van der Waals surface area contributed by atoms with Gasteiger partial charge in [-0.15, -0.1) is 55.9 Å². The molecule has 7 aromatic rings. The van der Waals surface area contributed by atoms with Crippen molar-refractivity contribution in [2.24, 2.45) is 0 Å². The number of fused-ring (bicyclic) bond motifs is 2. The third kappa shape index (κ3) is 18.3. The monoisotopic (exact) mass is 1230 g/mol. The number of anilines is 2. The van der Waals surface area contributed by atoms with Crippen LogP contribution in [0.2, 0.25) is 15.3 Å². The lowest BCUT2D eigenvalue weighted by Gasteiger charge is -2.21. The van der Waals surface area contributed by atoms with Crippen LogP contribution >= 0.6 is 81.1 Å². The normalized spacial score (nSPS) is 13.9. The molecule has 1 fully saturated rings. The number of carboxylic acid groups (broad SMARTS) is 1. The summed E-state index contributed by atoms with van der Waals surface area (Å²) in [5.74, 6) is -1.04. The average molecular weight is 1230 g/mol. The fourth-order valence-electron chi connectivity index (χ4n) is 6.12. The number of pyridine rings is 2. The van der Waals surface area contributed by atoms with Crippen LogP contribution < -0.4 is 39.5 Å². The lowest BCUT2D eigenvalue weighted by Crippen LogP contribution is -2.32. The van der Waals surface area contributed by atoms with Crippen molar-refractivity contribution in [2.45, 2.75) is 39.3 Å². The number of alkyl halides is 6. The summed E-state index contributed by atoms with van der Waals surface area (Å²) in [6.07, 6.45) is -3.21. The van der Waals surface area contributed by atoms with Gasteiger partial charge >= 0.3 is 30.6 Å². The number of amides is 1. The van der Waals surface area contributed by atoms with Gasteiger partial charge in [0.25, 0.3) is 5.91 Å². The molecule has 0 unspecified atom stereocenters. The number of likely N-dealkylation sites (N-methyl/N-ethyl adjacent to an activating group) is 1. The zero-order valence-corrected chi connectivity index (χ0v) is 46.5. The molecule has 0 saturated carbocycles. The van der Waals surface area contributed by atoms with Gasteiger partial charge < -0.3 is 54.2 Å². The van der Waals surface area contributed by atoms with Crippen molar-refractivity contribution < 1.29 is 65.4 Å². The number of hydrogen-bond donors (Lipinski definition) is 3. The first-order valence-electron chi connectivity index (χ1n) is 22.0. The van der Waals surface area contributed by atoms with Crippen LogP contribution in [0.25, 0.3) is 22.3 Å². The van der Waals surface area contributed by atoms with E-state index >= 15 is 0 Å². The third-order valence-corrected chi connectivity index (χ3v) is 12.1. The largest absolute Gasteiger partial charge is 0.586 e. The number of nitrogens with one attached hydrogen (secondary N) is 1. The predicted molar refractivity (Wildman–Crippen MR) is 283 cm³/mol. The molecule has 0 atom stereocenters. The number of morpholine rings is 1. The Morgan fingerprint density at radius 1 is 0.731 bits per heavy atom. The maximum atomic E-state index is 13.2. The number of methoxy groups -OCH3 is 2. The van der Waals surface area contributed by atoms with Crippen LogP contribution in [0.1, 0.15) is 44.6 Å². The Balaban J connectivity index is 0.000000193. The minimum atomic E-state index is -3.72. The number of carboxylic acids is 1. The lowest BCUT2D eigenvalue weighted by molar-refractivity contribution is -0.287. The molecule has 3 aliphatic rings. The summed E-state index contributed by atoms with van der Waals surface area (Å²) >= 11 is 29.1. The molecule has 22 nitrogen and oxygen atoms in total. The number of rotatable bonds is 9. The molecule has 8 heterocycles. The number of carbonyl (C=O) groups is 2. The molecule has 1 amide bonds. The van der Waals surface area contributed by atoms with Crippen LogP contribution in [0.5, 0.6) is 35.0 Å². The molecular formula is C45H43Cl5F4N12O10S2. The molecule has 0 aliphatic carbocycles. The maximum Gasteiger partial charge on any atom is 0.586 e. The highest BCUT2D eigenvalue weighted by Gasteiger charge is 2.45. The molecule has 5 aromatic heterocycles. The van der Waals surface area contributed by atoms with Gasteiger partial charge in [0, 0.05) is 59.9 Å². The summed E-state index contributed by atoms with van der Waals surface area (Å²) in [5.41, 5.74) is 8.80. The first kappa shape index (κ1) is 62.3. The molecule has 78 heavy (non-hydrogen) atoms. The van der Waals surface area contributed by atoms with Crippen molar-refractivity contribution >= 4 is 105 Å². The molecule has 418 valence electrons. The number of aromatic nitrogens is 9. The van der Waals surface area contributed by atoms with Crippen molar-refractivity contribution in [2.75, 3.05) is 64.0 Å². The number of hydrogen-bond acceptors (Lipinski definition) is 22. The van der Waals surface area contributed by atoms with E-state index < -0.39 is 18.6 Å². The van der Waals surface area contributed by atoms with Crippen LogP contribution in [0.15, 0.2) is 60.9 Å². The summed E-state index contributed by atoms with van der Waals surface area (Å²) in [7, 11) is 4.98. The van der Waals surface area contributed by atoms with E-state index in [0.717, 1.165) is 49.4 Å². The van der Waals surface area contributed by atoms with Crippen LogP contribution in [0.4, 0.5) is 29.2 Å². The zero-order chi connectivity index (χ0) is 57.2. The van der Waals surface area contributed by atoms with E-state index in [9.17, 15) is 27.2 Å². The van der Waals surface area contributed by atoms with E-state index in [0.29, 0.717) is 63.0 Å². The fraction of sp³-hybridized carbons (Fsp3) is 0.311. The second-order valence-corrected chi connectivity index (χ2v) is 18.4. The van der Waals surface area contributed by atoms with Gasteiger partial charge in [-0.05, 0) is 91.0 Å². The summed E-state index contributed by atoms with van der Waals surface area (Å²) in [6, 6.07) is 12.0. The average Bonchev–Trinajstić information content (AvgIpc) is 4.22. The van der Waals surface area contributed by atoms with E-state index in [1.165, 1.54) is 50.9 Å². The summed E-state index contributed by atoms with van der Waals surface area (Å²) < 4.78 is 91.6. The van der Waals surface area contributed by atoms with Gasteiger partial charge in [0.05, 0.1) is 54.2 Å². The first-order chi connectivity index (χ1) is 37.1. The van der Waals surface area contributed by atoms with Crippen molar-refractivity contribution in [1.82, 2.24) is 49.0 Å². The highest BCUT2D eigenvalue weighted by Crippen LogP contribution is 2.47. The molecule has 0 radical (unpaired) electrons. The van der Waals surface area contributed by atoms with Gasteiger partial charge in [-0.25, -0.2) is 14.8 Å². The van der Waals surface area contributed by atoms with E-state index in [2.05, 4.69) is 80.3 Å². The molecule has 3 aliphatic heterocycles. The number of nitrogen functional groups attached to an aromatic ring is 1. The second kappa shape index (κ2) is 29.5. The van der Waals surface area contributed by atoms with Gasteiger partial charge in [-0.2, -0.15) is 9.97 Å². The van der Waals surface area contributed by atoms with Crippen LogP contribution in [0, 0.1) is 0 Å². The number of carbonyl (C=O) groups excluding carboxylic acids is 1. The standard InChI is InChI=1S/C17H11ClF2N4O3S.C12H7ClF2N2O2.C5H6ClN3O2.C5H6N2O2S.C5H11NO.CH2Cl2/c1-2-11-15(28-24-23-11)16(25)22-14-4-3-8(7-21-14)9-5-12-13(6-10(9)18)27-17(19,20)26-12;13-8-4-10-9(18-12(14,15)19-10)3-7(8)6-1-2-11(16)17-5-6;1-10-4-7-3(6)8-5(9-4)11-2;1-2-3-4(5(8)9)10-7-6-3;1-6-2-4-7-5-3-6;2-1-3/h3-7H,2H2,1H3,(H,21,22,25);1-5H,(H2,16,17);1-2H3;2H2,1H3,(H,8,9);2-5H2,1H3;1H2. The van der Waals surface area contributed by atoms with Crippen molar-refractivity contribution in [3.63, 3.8) is 0 Å². The smallest absolute Gasteiger partial charge is 0.477 e. The Morgan fingerprint density at radius 3 is 1.56 bits per heavy atom. The van der Waals surface area contributed by atoms with Gasteiger partial charge in [0.15, 0.2) is 27.9 Å². The molecule has 10 rings (SSSR count). The summed E-state index contributed by atoms with van der Waals surface area (Å²) in [5, 5.41) is 19.4. The molecular weight excluding hydrogens is 1190 g/mol. The van der Waals surface area contributed by atoms with E-state index in [4.69, 9.17) is 83.1 Å². The van der Waals surface area contributed by atoms with Crippen molar-refractivity contribution in [3.8, 4) is 57.3 Å². The molecule has 0 spiro atoms. The molecule has 0 bridgehead atoms. The first-order valence-corrected chi connectivity index (χ1v) is 25.8. The fourth-order valence-corrected chi connectivity index (χ4v) is 8.02. The highest BCUT2D eigenvalue weighted by atomic mass is 35.5. The predicted octanol–water partition coefficient (Wildman–Crippen LogP) is 10.4. The Morgan fingerprint density at radius 2 is 1.18 bits per heavy atom. The third-order valence-electron chi connectivity index (χ3n) is 9.74. The second-order valence-electron chi connectivity index (χ2n) is 15.0. The van der Waals surface area contributed by atoms with Crippen LogP contribution in [-0.4, -0.2) is 131 Å². The Labute approximate surface area is 474 Å². The molecule has 1 saturated heterocycles. The highest BCUT2D eigenvalue weighted by molar-refractivity contribution is 7.08. The van der Waals surface area contributed by atoms with E-state index in [1.54, 1.807) is 24.3 Å². The quantitative estimate of drug-likeness (QED) is 0.0895. The SMILES string of the molecule is CCc1nnsc1C(=O)Nc1ccc(-c2cc3c(cc2Cl)OC(F)(F)O3)cn1.CCc1nnsc1C(=O)O.CN1CCOCC1.COc1nc(Cl)nc(OC)n1.ClCCl.Nc1ccc(-c2cc3c(cc2Cl)OC(F)(F)O3)cn1. The topological polar surface area (TPSA) is 276 Å². The van der Waals surface area contributed by atoms with Crippen LogP contribution in [0.3, 0.4) is 0 Å². The van der Waals surface area contributed by atoms with Gasteiger partial charge in [-0.1, -0.05) is 46.0 Å². The number of aromatic carboxylic acids is 1. The number of nitrogens with zero attached hydrogens (tertiary/aromatic N) is 10. The van der Waals surface area contributed by atoms with Gasteiger partial charge in [0.1, 0.15) is 16.5 Å². The Kier molecular flexibility index (Phi) is 23.6. The Hall–Kier alpha value is -6.50. The lowest BCUT2D eigenvalue weighted by atomic mass is 10.1. The number of benzene rings is 2. The minimum absolute atomic E-state index is 0.0497. The number of ether oxygens (including phenoxy) is 7. The van der Waals surface area contributed by atoms with Gasteiger partial charge in [0.2, 0.25) is 5.28 Å². The number of nitrogens with two attached hydrogens (primary N) is 1. The van der Waals surface area contributed by atoms with Gasteiger partial charge in [-0.3, -0.25) is 4.79 Å². The Bertz CT molecular complexity index is 3080. The molecule has 33 heteroatoms. The van der Waals surface area contributed by atoms with Crippen molar-refractivity contribution in [3.05, 3.63) is 97.4 Å². The molecule has 2 aromatic carbocycles. The van der Waals surface area contributed by atoms with E-state index in [-0.39, 0.29) is 66.5 Å². The van der Waals surface area contributed by atoms with Crippen LogP contribution in [-0.2, 0) is 17.6 Å². The van der Waals surface area contributed by atoms with E-state index in [1.807, 2.05) is 13.8 Å². The zero-order valence-electron chi connectivity index (χ0n) is 41.1. The maximum absolute atomic E-state index is 13.2.